The zero-order valence-electron chi connectivity index (χ0n) is 15.2. The molecular formula is C20H20ClN3O3S. The molecule has 2 aliphatic rings. The number of carbonyl (C=O) groups is 3. The van der Waals surface area contributed by atoms with E-state index < -0.39 is 5.91 Å². The van der Waals surface area contributed by atoms with Gasteiger partial charge in [-0.15, -0.1) is 11.3 Å². The first-order valence-electron chi connectivity index (χ1n) is 9.35. The molecule has 2 aromatic rings. The molecule has 1 aliphatic carbocycles. The zero-order chi connectivity index (χ0) is 19.7. The number of halogens is 1. The van der Waals surface area contributed by atoms with Crippen LogP contribution in [0.3, 0.4) is 0 Å². The summed E-state index contributed by atoms with van der Waals surface area (Å²) in [6.07, 6.45) is 5.80. The number of likely N-dealkylation sites (tertiary alicyclic amines) is 1. The number of rotatable bonds is 5. The van der Waals surface area contributed by atoms with Crippen LogP contribution >= 0.6 is 22.9 Å². The Labute approximate surface area is 171 Å². The molecule has 1 saturated heterocycles. The number of nitrogens with one attached hydrogen (secondary N) is 1. The molecular weight excluding hydrogens is 398 g/mol. The van der Waals surface area contributed by atoms with Crippen molar-refractivity contribution in [2.24, 2.45) is 11.8 Å². The fraction of sp³-hybridized carbons (Fsp3) is 0.400. The molecule has 8 heteroatoms. The lowest BCUT2D eigenvalue weighted by atomic mass is 9.81. The predicted octanol–water partition coefficient (Wildman–Crippen LogP) is 3.50. The monoisotopic (exact) mass is 417 g/mol. The van der Waals surface area contributed by atoms with Gasteiger partial charge in [0.1, 0.15) is 6.54 Å². The number of fused-ring (bicyclic) bond motifs is 1. The maximum absolute atomic E-state index is 12.5. The molecule has 0 bridgehead atoms. The van der Waals surface area contributed by atoms with E-state index in [1.54, 1.807) is 6.20 Å². The van der Waals surface area contributed by atoms with Crippen molar-refractivity contribution in [3.05, 3.63) is 45.9 Å². The smallest absolute Gasteiger partial charge is 0.246 e. The lowest BCUT2D eigenvalue weighted by Crippen LogP contribution is -2.38. The van der Waals surface area contributed by atoms with Crippen molar-refractivity contribution in [2.45, 2.75) is 32.1 Å². The fourth-order valence-electron chi connectivity index (χ4n) is 3.98. The van der Waals surface area contributed by atoms with Crippen LogP contribution in [0.2, 0.25) is 5.02 Å². The van der Waals surface area contributed by atoms with Crippen LogP contribution in [0.4, 0.5) is 5.13 Å². The third-order valence-corrected chi connectivity index (χ3v) is 6.45. The van der Waals surface area contributed by atoms with Gasteiger partial charge < -0.3 is 5.32 Å². The molecule has 1 aromatic heterocycles. The van der Waals surface area contributed by atoms with Crippen LogP contribution in [0, 0.1) is 11.8 Å². The van der Waals surface area contributed by atoms with E-state index in [4.69, 9.17) is 11.6 Å². The average Bonchev–Trinajstić information content (AvgIpc) is 3.20. The van der Waals surface area contributed by atoms with Gasteiger partial charge in [0.15, 0.2) is 5.13 Å². The number of carbonyl (C=O) groups excluding carboxylic acids is 3. The van der Waals surface area contributed by atoms with Crippen LogP contribution in [0.25, 0.3) is 0 Å². The Bertz CT molecular complexity index is 905. The highest BCUT2D eigenvalue weighted by Gasteiger charge is 2.48. The molecule has 28 heavy (non-hydrogen) atoms. The van der Waals surface area contributed by atoms with E-state index >= 15 is 0 Å². The summed E-state index contributed by atoms with van der Waals surface area (Å²) in [5, 5.41) is 3.84. The minimum Gasteiger partial charge on any atom is -0.300 e. The van der Waals surface area contributed by atoms with Crippen molar-refractivity contribution in [3.8, 4) is 0 Å². The van der Waals surface area contributed by atoms with Crippen molar-refractivity contribution < 1.29 is 14.4 Å². The average molecular weight is 418 g/mol. The highest BCUT2D eigenvalue weighted by atomic mass is 35.5. The van der Waals surface area contributed by atoms with Crippen molar-refractivity contribution in [2.75, 3.05) is 11.9 Å². The molecule has 0 radical (unpaired) electrons. The number of nitrogens with zero attached hydrogens (tertiary/aromatic N) is 2. The first-order valence-corrected chi connectivity index (χ1v) is 10.5. The van der Waals surface area contributed by atoms with Crippen molar-refractivity contribution in [1.29, 1.82) is 0 Å². The fourth-order valence-corrected chi connectivity index (χ4v) is 5.06. The van der Waals surface area contributed by atoms with Gasteiger partial charge in [-0.3, -0.25) is 19.3 Å². The van der Waals surface area contributed by atoms with Gasteiger partial charge >= 0.3 is 0 Å². The Kier molecular flexibility index (Phi) is 5.46. The number of amides is 3. The summed E-state index contributed by atoms with van der Waals surface area (Å²) in [6, 6.07) is 7.58. The molecule has 146 valence electrons. The van der Waals surface area contributed by atoms with Crippen molar-refractivity contribution >= 4 is 45.8 Å². The molecule has 0 spiro atoms. The number of aromatic nitrogens is 1. The van der Waals surface area contributed by atoms with E-state index in [0.717, 1.165) is 41.0 Å². The van der Waals surface area contributed by atoms with Crippen LogP contribution in [0.5, 0.6) is 0 Å². The molecule has 1 aromatic carbocycles. The summed E-state index contributed by atoms with van der Waals surface area (Å²) >= 11 is 7.37. The maximum atomic E-state index is 12.5. The van der Waals surface area contributed by atoms with Gasteiger partial charge in [-0.05, 0) is 30.5 Å². The molecule has 6 nitrogen and oxygen atoms in total. The highest BCUT2D eigenvalue weighted by molar-refractivity contribution is 7.15. The molecule has 2 fully saturated rings. The SMILES string of the molecule is O=C(CN1C(=O)C2CCCCC2C1=O)Nc1ncc(Cc2cccc(Cl)c2)s1. The van der Waals surface area contributed by atoms with Gasteiger partial charge in [0, 0.05) is 22.5 Å². The topological polar surface area (TPSA) is 79.4 Å². The summed E-state index contributed by atoms with van der Waals surface area (Å²) in [6.45, 7) is -0.242. The summed E-state index contributed by atoms with van der Waals surface area (Å²) in [5.74, 6) is -1.28. The second-order valence-electron chi connectivity index (χ2n) is 7.25. The first-order chi connectivity index (χ1) is 13.5. The van der Waals surface area contributed by atoms with E-state index in [1.165, 1.54) is 11.3 Å². The van der Waals surface area contributed by atoms with Gasteiger partial charge in [-0.25, -0.2) is 4.98 Å². The standard InChI is InChI=1S/C20H20ClN3O3S/c21-13-5-3-4-12(8-13)9-14-10-22-20(28-14)23-17(25)11-24-18(26)15-6-1-2-7-16(15)19(24)27/h3-5,8,10,15-16H,1-2,6-7,9,11H2,(H,22,23,25). The lowest BCUT2D eigenvalue weighted by Gasteiger charge is -2.19. The minimum atomic E-state index is -0.399. The van der Waals surface area contributed by atoms with Gasteiger partial charge in [-0.1, -0.05) is 36.6 Å². The van der Waals surface area contributed by atoms with E-state index in [1.807, 2.05) is 24.3 Å². The second kappa shape index (κ2) is 8.01. The molecule has 2 heterocycles. The summed E-state index contributed by atoms with van der Waals surface area (Å²) in [4.78, 5) is 43.6. The second-order valence-corrected chi connectivity index (χ2v) is 8.80. The molecule has 3 amide bonds. The summed E-state index contributed by atoms with van der Waals surface area (Å²) in [7, 11) is 0. The molecule has 2 atom stereocenters. The molecule has 1 saturated carbocycles. The third kappa shape index (κ3) is 3.95. The number of anilines is 1. The molecule has 4 rings (SSSR count). The number of hydrogen-bond acceptors (Lipinski definition) is 5. The lowest BCUT2D eigenvalue weighted by molar-refractivity contribution is -0.142. The Balaban J connectivity index is 1.36. The summed E-state index contributed by atoms with van der Waals surface area (Å²) in [5.41, 5.74) is 1.06. The normalized spacial score (nSPS) is 21.7. The summed E-state index contributed by atoms with van der Waals surface area (Å²) < 4.78 is 0. The largest absolute Gasteiger partial charge is 0.300 e. The van der Waals surface area contributed by atoms with Crippen LogP contribution in [0.1, 0.15) is 36.1 Å². The maximum Gasteiger partial charge on any atom is 0.246 e. The van der Waals surface area contributed by atoms with E-state index in [9.17, 15) is 14.4 Å². The molecule has 2 unspecified atom stereocenters. The van der Waals surface area contributed by atoms with E-state index in [2.05, 4.69) is 10.3 Å². The van der Waals surface area contributed by atoms with E-state index in [-0.39, 0.29) is 30.2 Å². The van der Waals surface area contributed by atoms with Crippen LogP contribution in [-0.4, -0.2) is 34.2 Å². The van der Waals surface area contributed by atoms with Crippen molar-refractivity contribution in [1.82, 2.24) is 9.88 Å². The van der Waals surface area contributed by atoms with Gasteiger partial charge in [-0.2, -0.15) is 0 Å². The number of imide groups is 1. The predicted molar refractivity (Wildman–Crippen MR) is 107 cm³/mol. The minimum absolute atomic E-state index is 0.203. The number of benzene rings is 1. The van der Waals surface area contributed by atoms with Crippen LogP contribution in [0.15, 0.2) is 30.5 Å². The first kappa shape index (κ1) is 19.1. The van der Waals surface area contributed by atoms with Crippen molar-refractivity contribution in [3.63, 3.8) is 0 Å². The quantitative estimate of drug-likeness (QED) is 0.755. The number of hydrogen-bond donors (Lipinski definition) is 1. The van der Waals surface area contributed by atoms with Crippen LogP contribution in [-0.2, 0) is 20.8 Å². The molecule has 1 N–H and O–H groups in total. The Hall–Kier alpha value is -2.25. The van der Waals surface area contributed by atoms with Crippen LogP contribution < -0.4 is 5.32 Å². The zero-order valence-corrected chi connectivity index (χ0v) is 16.8. The van der Waals surface area contributed by atoms with E-state index in [0.29, 0.717) is 16.6 Å². The Morgan fingerprint density at radius 3 is 2.61 bits per heavy atom. The third-order valence-electron chi connectivity index (χ3n) is 5.30. The van der Waals surface area contributed by atoms with Gasteiger partial charge in [0.05, 0.1) is 11.8 Å². The Morgan fingerprint density at radius 1 is 1.21 bits per heavy atom. The van der Waals surface area contributed by atoms with Gasteiger partial charge in [0.2, 0.25) is 17.7 Å². The molecule has 1 aliphatic heterocycles. The number of thiazole rings is 1. The Morgan fingerprint density at radius 2 is 1.93 bits per heavy atom. The highest BCUT2D eigenvalue weighted by Crippen LogP contribution is 2.37. The van der Waals surface area contributed by atoms with Gasteiger partial charge in [0.25, 0.3) is 0 Å².